The van der Waals surface area contributed by atoms with Gasteiger partial charge in [0.1, 0.15) is 59.1 Å². The summed E-state index contributed by atoms with van der Waals surface area (Å²) in [5.41, 5.74) is 4.16. The molecule has 380 valence electrons. The molecule has 0 amide bonds. The van der Waals surface area contributed by atoms with Crippen molar-refractivity contribution in [3.8, 4) is 57.3 Å². The van der Waals surface area contributed by atoms with Crippen LogP contribution in [-0.4, -0.2) is 70.0 Å². The van der Waals surface area contributed by atoms with Crippen LogP contribution in [0.3, 0.4) is 0 Å². The fraction of sp³-hybridized carbons (Fsp3) is 0.138. The van der Waals surface area contributed by atoms with Gasteiger partial charge in [-0.25, -0.2) is 9.97 Å². The Morgan fingerprint density at radius 3 is 1.17 bits per heavy atom. The largest absolute Gasteiger partial charge is 2.00 e. The number of aromatic nitrogens is 4. The molecule has 2 saturated carbocycles. The molecule has 2 fully saturated rings. The number of aromatic carboxylic acids is 2. The zero-order valence-electron chi connectivity index (χ0n) is 40.3. The first kappa shape index (κ1) is 53.5. The van der Waals surface area contributed by atoms with Gasteiger partial charge < -0.3 is 47.8 Å². The third-order valence-electron chi connectivity index (χ3n) is 12.7. The third-order valence-corrected chi connectivity index (χ3v) is 13.9. The van der Waals surface area contributed by atoms with Crippen LogP contribution in [-0.2, 0) is 13.2 Å². The van der Waals surface area contributed by atoms with Crippen molar-refractivity contribution in [3.05, 3.63) is 200 Å². The summed E-state index contributed by atoms with van der Waals surface area (Å²) in [5.74, 6) is 2.80. The van der Waals surface area contributed by atoms with Gasteiger partial charge in [0.15, 0.2) is 0 Å². The molecule has 0 unspecified atom stereocenters. The maximum Gasteiger partial charge on any atom is 2.00 e. The molecule has 2 aliphatic rings. The maximum absolute atomic E-state index is 10.9. The molecule has 6 aromatic carbocycles. The summed E-state index contributed by atoms with van der Waals surface area (Å²) in [4.78, 5) is 29.8. The second-order valence-corrected chi connectivity index (χ2v) is 19.6. The molecule has 14 nitrogen and oxygen atoms in total. The van der Waals surface area contributed by atoms with Gasteiger partial charge in [0, 0.05) is 58.6 Å². The van der Waals surface area contributed by atoms with Crippen LogP contribution in [0, 0.1) is 0 Å². The summed E-state index contributed by atoms with van der Waals surface area (Å²) in [6, 6.07) is 39.1. The van der Waals surface area contributed by atoms with Gasteiger partial charge in [0.2, 0.25) is 11.8 Å². The van der Waals surface area contributed by atoms with Gasteiger partial charge >= 0.3 is 37.7 Å². The smallest absolute Gasteiger partial charge is 0.545 e. The SMILES string of the molecule is O=C([O-])c1ccc(Oc2ccc3cc(OCc4c(-c5c(Cl)cccc5Cl)noc4C4CC4)ccc3c2)nc1.O=C([O-])c1ccc(Oc2ccc3cc(OCc4c(-c5c(Cl)cccc5Cl)noc4C4CC4)ccc3c2)nc1.[Ca+2]. The van der Waals surface area contributed by atoms with E-state index >= 15 is 0 Å². The van der Waals surface area contributed by atoms with Crippen molar-refractivity contribution in [2.45, 2.75) is 50.7 Å². The second-order valence-electron chi connectivity index (χ2n) is 18.0. The molecule has 0 N–H and O–H groups in total. The number of ether oxygens (including phenoxy) is 4. The van der Waals surface area contributed by atoms with Crippen LogP contribution in [0.1, 0.15) is 80.9 Å². The number of hydrogen-bond acceptors (Lipinski definition) is 14. The van der Waals surface area contributed by atoms with E-state index in [-0.39, 0.29) is 73.8 Å². The predicted octanol–water partition coefficient (Wildman–Crippen LogP) is 13.2. The molecule has 0 aliphatic heterocycles. The number of carbonyl (C=O) groups excluding carboxylic acids is 2. The van der Waals surface area contributed by atoms with Crippen molar-refractivity contribution < 1.29 is 47.8 Å². The van der Waals surface area contributed by atoms with Crippen LogP contribution >= 0.6 is 46.4 Å². The maximum atomic E-state index is 10.9. The van der Waals surface area contributed by atoms with Crippen molar-refractivity contribution in [1.82, 2.24) is 20.3 Å². The number of carbonyl (C=O) groups is 2. The average molecular weight is 1130 g/mol. The van der Waals surface area contributed by atoms with Crippen LogP contribution in [0.2, 0.25) is 20.1 Å². The first-order valence-corrected chi connectivity index (χ1v) is 25.3. The van der Waals surface area contributed by atoms with Gasteiger partial charge in [-0.15, -0.1) is 0 Å². The quantitative estimate of drug-likeness (QED) is 0.0829. The van der Waals surface area contributed by atoms with E-state index in [2.05, 4.69) is 20.3 Å². The molecular weight excluding hydrogens is 1090 g/mol. The van der Waals surface area contributed by atoms with Gasteiger partial charge in [-0.1, -0.05) is 93.1 Å². The summed E-state index contributed by atoms with van der Waals surface area (Å²) < 4.78 is 35.4. The van der Waals surface area contributed by atoms with Gasteiger partial charge in [-0.2, -0.15) is 0 Å². The van der Waals surface area contributed by atoms with Crippen LogP contribution in [0.4, 0.5) is 0 Å². The number of carboxylic acids is 2. The molecule has 4 heterocycles. The summed E-state index contributed by atoms with van der Waals surface area (Å²) in [6.45, 7) is 0.513. The van der Waals surface area contributed by atoms with Gasteiger partial charge in [-0.05, 0) is 132 Å². The standard InChI is InChI=1S/2C29H20Cl2N2O5.Ca/c2*30-23-2-1-3-24(31)26(23)27-22(28(38-33-27)16-4-5-16)15-36-20-9-6-18-13-21(10-7-17(18)12-20)37-25-11-8-19(14-32-25)29(34)35;/h2*1-3,6-14,16H,4-5,15H2,(H,34,35);/q;;+2/p-2. The van der Waals surface area contributed by atoms with E-state index in [0.29, 0.717) is 77.4 Å². The molecule has 4 aromatic heterocycles. The van der Waals surface area contributed by atoms with E-state index < -0.39 is 11.9 Å². The molecule has 0 saturated heterocycles. The monoisotopic (exact) mass is 1130 g/mol. The summed E-state index contributed by atoms with van der Waals surface area (Å²) in [7, 11) is 0. The minimum atomic E-state index is -1.29. The first-order chi connectivity index (χ1) is 36.9. The topological polar surface area (TPSA) is 195 Å². The Morgan fingerprint density at radius 1 is 0.494 bits per heavy atom. The number of nitrogens with zero attached hydrogens (tertiary/aromatic N) is 4. The van der Waals surface area contributed by atoms with E-state index in [4.69, 9.17) is 74.4 Å². The van der Waals surface area contributed by atoms with Gasteiger partial charge in [-0.3, -0.25) is 0 Å². The molecular formula is C58H38CaCl4N4O10. The average Bonchev–Trinajstić information content (AvgIpc) is 4.37. The molecule has 77 heavy (non-hydrogen) atoms. The molecule has 10 aromatic rings. The Labute approximate surface area is 489 Å². The minimum absolute atomic E-state index is 0. The van der Waals surface area contributed by atoms with E-state index in [1.165, 1.54) is 36.7 Å². The van der Waals surface area contributed by atoms with Crippen molar-refractivity contribution in [1.29, 1.82) is 0 Å². The predicted molar refractivity (Wildman–Crippen MR) is 287 cm³/mol. The minimum Gasteiger partial charge on any atom is -0.545 e. The van der Waals surface area contributed by atoms with Crippen molar-refractivity contribution in [2.75, 3.05) is 0 Å². The number of benzene rings is 6. The van der Waals surface area contributed by atoms with Crippen molar-refractivity contribution >= 4 is 118 Å². The van der Waals surface area contributed by atoms with E-state index in [1.54, 1.807) is 36.4 Å². The Morgan fingerprint density at radius 2 is 0.844 bits per heavy atom. The fourth-order valence-corrected chi connectivity index (χ4v) is 9.64. The van der Waals surface area contributed by atoms with Crippen molar-refractivity contribution in [3.63, 3.8) is 0 Å². The van der Waals surface area contributed by atoms with Crippen LogP contribution in [0.5, 0.6) is 34.8 Å². The molecule has 0 radical (unpaired) electrons. The van der Waals surface area contributed by atoms with Crippen LogP contribution < -0.4 is 29.2 Å². The van der Waals surface area contributed by atoms with Crippen LogP contribution in [0.15, 0.2) is 155 Å². The van der Waals surface area contributed by atoms with Crippen LogP contribution in [0.25, 0.3) is 44.1 Å². The van der Waals surface area contributed by atoms with Gasteiger partial charge in [0.25, 0.3) is 0 Å². The number of hydrogen-bond donors (Lipinski definition) is 0. The zero-order valence-corrected chi connectivity index (χ0v) is 45.6. The van der Waals surface area contributed by atoms with Gasteiger partial charge in [0.05, 0.1) is 43.2 Å². The molecule has 0 atom stereocenters. The fourth-order valence-electron chi connectivity index (χ4n) is 8.48. The third kappa shape index (κ3) is 12.3. The Hall–Kier alpha value is -6.88. The summed E-state index contributed by atoms with van der Waals surface area (Å²) in [6.07, 6.45) is 6.60. The van der Waals surface area contributed by atoms with E-state index in [1.807, 2.05) is 72.8 Å². The molecule has 12 rings (SSSR count). The molecule has 19 heteroatoms. The Kier molecular flexibility index (Phi) is 16.3. The normalized spacial score (nSPS) is 12.8. The Bertz CT molecular complexity index is 3540. The first-order valence-electron chi connectivity index (χ1n) is 23.8. The van der Waals surface area contributed by atoms with E-state index in [9.17, 15) is 19.8 Å². The summed E-state index contributed by atoms with van der Waals surface area (Å²) in [5, 5.41) is 36.2. The summed E-state index contributed by atoms with van der Waals surface area (Å²) >= 11 is 25.8. The molecule has 0 bridgehead atoms. The number of halogens is 4. The molecule has 2 aliphatic carbocycles. The van der Waals surface area contributed by atoms with Crippen molar-refractivity contribution in [2.24, 2.45) is 0 Å². The number of rotatable bonds is 16. The zero-order chi connectivity index (χ0) is 52.5. The second kappa shape index (κ2) is 23.4. The van der Waals surface area contributed by atoms with E-state index in [0.717, 1.165) is 69.9 Å². The number of pyridine rings is 2. The Balaban J connectivity index is 0.000000172. The number of carboxylic acid groups (broad SMARTS) is 2. The molecule has 0 spiro atoms. The number of fused-ring (bicyclic) bond motifs is 2.